The molecule has 28 heavy (non-hydrogen) atoms. The second-order valence-corrected chi connectivity index (χ2v) is 7.80. The zero-order chi connectivity index (χ0) is 19.1. The van der Waals surface area contributed by atoms with Gasteiger partial charge >= 0.3 is 0 Å². The standard InChI is InChI=1S/C21H18N4O2S/c1-24-18(11-17(23-24)14-7-3-2-4-8-14)20(26)25-12-15(13-25)27-21-22-16-9-5-6-10-19(16)28-21/h2-11,15H,12-13H2,1H3. The molecule has 2 aromatic carbocycles. The second-order valence-electron chi connectivity index (χ2n) is 6.80. The van der Waals surface area contributed by atoms with Crippen molar-refractivity contribution in [2.75, 3.05) is 13.1 Å². The summed E-state index contributed by atoms with van der Waals surface area (Å²) in [6.07, 6.45) is -0.0219. The van der Waals surface area contributed by atoms with E-state index in [1.54, 1.807) is 16.6 Å². The van der Waals surface area contributed by atoms with Crippen LogP contribution in [0.2, 0.25) is 0 Å². The van der Waals surface area contributed by atoms with E-state index < -0.39 is 0 Å². The van der Waals surface area contributed by atoms with Crippen molar-refractivity contribution in [3.63, 3.8) is 0 Å². The summed E-state index contributed by atoms with van der Waals surface area (Å²) in [5, 5.41) is 5.14. The first-order chi connectivity index (χ1) is 13.7. The van der Waals surface area contributed by atoms with E-state index in [1.165, 1.54) is 11.3 Å². The van der Waals surface area contributed by atoms with Gasteiger partial charge in [-0.25, -0.2) is 4.98 Å². The zero-order valence-corrected chi connectivity index (χ0v) is 16.1. The fourth-order valence-corrected chi connectivity index (χ4v) is 4.18. The number of carbonyl (C=O) groups excluding carboxylic acids is 1. The number of aromatic nitrogens is 3. The number of para-hydroxylation sites is 1. The molecular formula is C21H18N4O2S. The van der Waals surface area contributed by atoms with Gasteiger partial charge in [-0.15, -0.1) is 0 Å². The number of hydrogen-bond acceptors (Lipinski definition) is 5. The number of rotatable bonds is 4. The summed E-state index contributed by atoms with van der Waals surface area (Å²) in [6, 6.07) is 19.7. The highest BCUT2D eigenvalue weighted by molar-refractivity contribution is 7.20. The Balaban J connectivity index is 1.25. The molecule has 0 atom stereocenters. The van der Waals surface area contributed by atoms with Crippen LogP contribution >= 0.6 is 11.3 Å². The molecule has 5 rings (SSSR count). The summed E-state index contributed by atoms with van der Waals surface area (Å²) < 4.78 is 8.70. The van der Waals surface area contributed by atoms with Gasteiger partial charge in [0, 0.05) is 12.6 Å². The van der Waals surface area contributed by atoms with E-state index in [0.717, 1.165) is 21.5 Å². The molecule has 0 bridgehead atoms. The van der Waals surface area contributed by atoms with E-state index in [-0.39, 0.29) is 12.0 Å². The molecule has 0 radical (unpaired) electrons. The second kappa shape index (κ2) is 6.76. The van der Waals surface area contributed by atoms with Crippen molar-refractivity contribution in [1.82, 2.24) is 19.7 Å². The lowest BCUT2D eigenvalue weighted by molar-refractivity contribution is 0.0169. The van der Waals surface area contributed by atoms with Crippen LogP contribution in [0.3, 0.4) is 0 Å². The average Bonchev–Trinajstić information content (AvgIpc) is 3.27. The van der Waals surface area contributed by atoms with Gasteiger partial charge in [-0.1, -0.05) is 53.8 Å². The smallest absolute Gasteiger partial charge is 0.274 e. The molecule has 0 aliphatic carbocycles. The molecule has 1 saturated heterocycles. The molecular weight excluding hydrogens is 372 g/mol. The molecule has 1 fully saturated rings. The van der Waals surface area contributed by atoms with E-state index in [9.17, 15) is 4.79 Å². The minimum absolute atomic E-state index is 0.0219. The Morgan fingerprint density at radius 1 is 1.11 bits per heavy atom. The van der Waals surface area contributed by atoms with Crippen LogP contribution < -0.4 is 4.74 Å². The highest BCUT2D eigenvalue weighted by atomic mass is 32.1. The lowest BCUT2D eigenvalue weighted by Gasteiger charge is -2.38. The lowest BCUT2D eigenvalue weighted by Crippen LogP contribution is -2.56. The Morgan fingerprint density at radius 3 is 2.64 bits per heavy atom. The number of benzene rings is 2. The third-order valence-electron chi connectivity index (χ3n) is 4.85. The molecule has 140 valence electrons. The Hall–Kier alpha value is -3.19. The minimum Gasteiger partial charge on any atom is -0.463 e. The van der Waals surface area contributed by atoms with Gasteiger partial charge in [-0.05, 0) is 18.2 Å². The number of nitrogens with zero attached hydrogens (tertiary/aromatic N) is 4. The lowest BCUT2D eigenvalue weighted by atomic mass is 10.1. The fraction of sp³-hybridized carbons (Fsp3) is 0.190. The Labute approximate surface area is 166 Å². The van der Waals surface area contributed by atoms with Crippen molar-refractivity contribution in [2.45, 2.75) is 6.10 Å². The number of hydrogen-bond donors (Lipinski definition) is 0. The number of aryl methyl sites for hydroxylation is 1. The molecule has 1 aliphatic rings. The Morgan fingerprint density at radius 2 is 1.86 bits per heavy atom. The normalized spacial score (nSPS) is 14.2. The number of amides is 1. The van der Waals surface area contributed by atoms with Crippen molar-refractivity contribution < 1.29 is 9.53 Å². The van der Waals surface area contributed by atoms with Crippen LogP contribution in [0.5, 0.6) is 5.19 Å². The maximum atomic E-state index is 12.8. The summed E-state index contributed by atoms with van der Waals surface area (Å²) in [4.78, 5) is 19.1. The Bertz CT molecular complexity index is 1110. The predicted molar refractivity (Wildman–Crippen MR) is 109 cm³/mol. The number of thiazole rings is 1. The van der Waals surface area contributed by atoms with E-state index in [1.807, 2.05) is 60.7 Å². The van der Waals surface area contributed by atoms with Gasteiger partial charge < -0.3 is 9.64 Å². The monoisotopic (exact) mass is 390 g/mol. The fourth-order valence-electron chi connectivity index (χ4n) is 3.30. The van der Waals surface area contributed by atoms with Gasteiger partial charge in [0.2, 0.25) is 0 Å². The first kappa shape index (κ1) is 16.9. The van der Waals surface area contributed by atoms with Crippen molar-refractivity contribution >= 4 is 27.5 Å². The summed E-state index contributed by atoms with van der Waals surface area (Å²) >= 11 is 1.53. The van der Waals surface area contributed by atoms with Crippen LogP contribution in [0, 0.1) is 0 Å². The van der Waals surface area contributed by atoms with E-state index >= 15 is 0 Å². The topological polar surface area (TPSA) is 60.2 Å². The molecule has 0 spiro atoms. The SMILES string of the molecule is Cn1nc(-c2ccccc2)cc1C(=O)N1CC(Oc2nc3ccccc3s2)C1. The number of ether oxygens (including phenoxy) is 1. The quantitative estimate of drug-likeness (QED) is 0.534. The van der Waals surface area contributed by atoms with E-state index in [4.69, 9.17) is 4.74 Å². The molecule has 0 N–H and O–H groups in total. The molecule has 6 nitrogen and oxygen atoms in total. The van der Waals surface area contributed by atoms with Gasteiger partial charge in [-0.2, -0.15) is 5.10 Å². The van der Waals surface area contributed by atoms with Gasteiger partial charge in [0.05, 0.1) is 29.0 Å². The third kappa shape index (κ3) is 3.03. The average molecular weight is 390 g/mol. The van der Waals surface area contributed by atoms with Gasteiger partial charge in [0.15, 0.2) is 0 Å². The number of fused-ring (bicyclic) bond motifs is 1. The molecule has 3 heterocycles. The first-order valence-corrected chi connectivity index (χ1v) is 9.90. The predicted octanol–water partition coefficient (Wildman–Crippen LogP) is 3.60. The van der Waals surface area contributed by atoms with Gasteiger partial charge in [-0.3, -0.25) is 9.48 Å². The van der Waals surface area contributed by atoms with Crippen LogP contribution in [0.25, 0.3) is 21.5 Å². The van der Waals surface area contributed by atoms with Crippen LogP contribution in [0.15, 0.2) is 60.7 Å². The van der Waals surface area contributed by atoms with Gasteiger partial charge in [0.25, 0.3) is 11.1 Å². The molecule has 0 unspecified atom stereocenters. The molecule has 0 saturated carbocycles. The molecule has 7 heteroatoms. The van der Waals surface area contributed by atoms with Crippen LogP contribution in [0.1, 0.15) is 10.5 Å². The Kier molecular flexibility index (Phi) is 4.09. The van der Waals surface area contributed by atoms with Crippen molar-refractivity contribution in [3.05, 3.63) is 66.4 Å². The summed E-state index contributed by atoms with van der Waals surface area (Å²) in [7, 11) is 1.80. The van der Waals surface area contributed by atoms with Crippen LogP contribution in [-0.4, -0.2) is 44.8 Å². The van der Waals surface area contributed by atoms with Gasteiger partial charge in [0.1, 0.15) is 11.8 Å². The largest absolute Gasteiger partial charge is 0.463 e. The van der Waals surface area contributed by atoms with Crippen LogP contribution in [-0.2, 0) is 7.05 Å². The zero-order valence-electron chi connectivity index (χ0n) is 15.3. The minimum atomic E-state index is -0.0265. The summed E-state index contributed by atoms with van der Waals surface area (Å²) in [5.74, 6) is -0.0265. The maximum Gasteiger partial charge on any atom is 0.274 e. The van der Waals surface area contributed by atoms with E-state index in [2.05, 4.69) is 10.1 Å². The maximum absolute atomic E-state index is 12.8. The molecule has 4 aromatic rings. The highest BCUT2D eigenvalue weighted by Gasteiger charge is 2.34. The molecule has 1 aliphatic heterocycles. The molecule has 1 amide bonds. The summed E-state index contributed by atoms with van der Waals surface area (Å²) in [6.45, 7) is 1.11. The number of likely N-dealkylation sites (tertiary alicyclic amines) is 1. The summed E-state index contributed by atoms with van der Waals surface area (Å²) in [5.41, 5.74) is 3.32. The van der Waals surface area contributed by atoms with Crippen LogP contribution in [0.4, 0.5) is 0 Å². The van der Waals surface area contributed by atoms with Crippen molar-refractivity contribution in [1.29, 1.82) is 0 Å². The number of carbonyl (C=O) groups is 1. The molecule has 2 aromatic heterocycles. The van der Waals surface area contributed by atoms with Crippen molar-refractivity contribution in [3.8, 4) is 16.5 Å². The first-order valence-electron chi connectivity index (χ1n) is 9.08. The van der Waals surface area contributed by atoms with E-state index in [0.29, 0.717) is 24.0 Å². The van der Waals surface area contributed by atoms with Crippen molar-refractivity contribution in [2.24, 2.45) is 7.05 Å². The highest BCUT2D eigenvalue weighted by Crippen LogP contribution is 2.30. The third-order valence-corrected chi connectivity index (χ3v) is 5.77.